The monoisotopic (exact) mass is 415 g/mol. The lowest BCUT2D eigenvalue weighted by atomic mass is 10.3. The van der Waals surface area contributed by atoms with Gasteiger partial charge in [0.1, 0.15) is 4.90 Å². The summed E-state index contributed by atoms with van der Waals surface area (Å²) in [6.07, 6.45) is 0. The fourth-order valence-corrected chi connectivity index (χ4v) is 4.20. The van der Waals surface area contributed by atoms with E-state index in [9.17, 15) is 16.8 Å². The van der Waals surface area contributed by atoms with Gasteiger partial charge in [0, 0.05) is 5.02 Å². The molecule has 2 aromatic carbocycles. The smallest absolute Gasteiger partial charge is 0.339 e. The van der Waals surface area contributed by atoms with E-state index >= 15 is 0 Å². The second kappa shape index (κ2) is 6.46. The summed E-state index contributed by atoms with van der Waals surface area (Å²) < 4.78 is 52.0. The Morgan fingerprint density at radius 3 is 1.91 bits per heavy atom. The van der Waals surface area contributed by atoms with E-state index < -0.39 is 25.0 Å². The Hall–Kier alpha value is -1.03. The average Bonchev–Trinajstić information content (AvgIpc) is 2.42. The van der Waals surface area contributed by atoms with Crippen LogP contribution in [0.25, 0.3) is 0 Å². The van der Waals surface area contributed by atoms with E-state index in [1.807, 2.05) is 0 Å². The Morgan fingerprint density at radius 2 is 1.39 bits per heavy atom. The number of sulfonamides is 1. The number of primary sulfonamides is 1. The molecule has 0 aliphatic carbocycles. The molecule has 0 radical (unpaired) electrons. The van der Waals surface area contributed by atoms with Crippen molar-refractivity contribution in [1.29, 1.82) is 0 Å². The first-order valence-corrected chi connectivity index (χ1v) is 9.81. The predicted molar refractivity (Wildman–Crippen MR) is 87.1 cm³/mol. The van der Waals surface area contributed by atoms with Crippen LogP contribution >= 0.6 is 34.8 Å². The highest BCUT2D eigenvalue weighted by atomic mass is 35.5. The van der Waals surface area contributed by atoms with Gasteiger partial charge >= 0.3 is 10.1 Å². The maximum atomic E-state index is 12.3. The second-order valence-electron chi connectivity index (χ2n) is 4.26. The van der Waals surface area contributed by atoms with Crippen molar-refractivity contribution < 1.29 is 21.0 Å². The maximum Gasteiger partial charge on any atom is 0.339 e. The van der Waals surface area contributed by atoms with Gasteiger partial charge in [-0.3, -0.25) is 0 Å². The van der Waals surface area contributed by atoms with Crippen LogP contribution < -0.4 is 9.32 Å². The van der Waals surface area contributed by atoms with Gasteiger partial charge in [-0.05, 0) is 30.3 Å². The van der Waals surface area contributed by atoms with Gasteiger partial charge in [0.05, 0.1) is 14.9 Å². The van der Waals surface area contributed by atoms with Crippen molar-refractivity contribution in [3.05, 3.63) is 51.5 Å². The minimum absolute atomic E-state index is 0.117. The molecule has 6 nitrogen and oxygen atoms in total. The molecule has 0 heterocycles. The quantitative estimate of drug-likeness (QED) is 0.771. The van der Waals surface area contributed by atoms with E-state index in [1.54, 1.807) is 0 Å². The predicted octanol–water partition coefficient (Wildman–Crippen LogP) is 3.06. The summed E-state index contributed by atoms with van der Waals surface area (Å²) in [5.41, 5.74) is 0. The van der Waals surface area contributed by atoms with Crippen LogP contribution in [0, 0.1) is 0 Å². The number of benzene rings is 2. The van der Waals surface area contributed by atoms with Gasteiger partial charge < -0.3 is 4.18 Å². The highest BCUT2D eigenvalue weighted by Crippen LogP contribution is 2.37. The summed E-state index contributed by atoms with van der Waals surface area (Å²) in [5.74, 6) is -0.321. The second-order valence-corrected chi connectivity index (χ2v) is 8.61. The first-order valence-electron chi connectivity index (χ1n) is 5.72. The molecule has 0 atom stereocenters. The molecule has 0 amide bonds. The van der Waals surface area contributed by atoms with E-state index in [0.29, 0.717) is 0 Å². The molecular weight excluding hydrogens is 409 g/mol. The Morgan fingerprint density at radius 1 is 0.870 bits per heavy atom. The van der Waals surface area contributed by atoms with Gasteiger partial charge in [0.15, 0.2) is 5.75 Å². The number of rotatable bonds is 4. The zero-order valence-electron chi connectivity index (χ0n) is 11.0. The molecule has 11 heteroatoms. The molecule has 0 fully saturated rings. The fourth-order valence-electron chi connectivity index (χ4n) is 1.57. The van der Waals surface area contributed by atoms with Gasteiger partial charge in [-0.15, -0.1) is 0 Å². The average molecular weight is 417 g/mol. The Bertz CT molecular complexity index is 951. The van der Waals surface area contributed by atoms with Crippen molar-refractivity contribution in [3.63, 3.8) is 0 Å². The van der Waals surface area contributed by atoms with Crippen LogP contribution in [-0.2, 0) is 20.1 Å². The molecule has 0 spiro atoms. The third kappa shape index (κ3) is 4.28. The van der Waals surface area contributed by atoms with Crippen LogP contribution in [0.5, 0.6) is 5.75 Å². The molecule has 0 aliphatic heterocycles. The highest BCUT2D eigenvalue weighted by Gasteiger charge is 2.22. The minimum atomic E-state index is -4.39. The molecule has 2 N–H and O–H groups in total. The van der Waals surface area contributed by atoms with Gasteiger partial charge in [0.25, 0.3) is 0 Å². The lowest BCUT2D eigenvalue weighted by Gasteiger charge is -2.11. The standard InChI is InChI=1S/C12H8Cl3NO5S2/c13-7-4-10(14)12(11(15)5-7)21-23(19,20)9-3-1-2-8(6-9)22(16,17)18/h1-6H,(H2,16,17,18). The molecule has 0 unspecified atom stereocenters. The lowest BCUT2D eigenvalue weighted by Crippen LogP contribution is -2.15. The normalized spacial score (nSPS) is 12.2. The summed E-state index contributed by atoms with van der Waals surface area (Å²) in [4.78, 5) is -0.804. The van der Waals surface area contributed by atoms with Crippen molar-refractivity contribution in [2.45, 2.75) is 9.79 Å². The van der Waals surface area contributed by atoms with E-state index in [-0.39, 0.29) is 25.7 Å². The zero-order chi connectivity index (χ0) is 17.4. The van der Waals surface area contributed by atoms with Crippen LogP contribution in [0.15, 0.2) is 46.2 Å². The van der Waals surface area contributed by atoms with Crippen molar-refractivity contribution in [1.82, 2.24) is 0 Å². The van der Waals surface area contributed by atoms with Crippen LogP contribution in [0.3, 0.4) is 0 Å². The van der Waals surface area contributed by atoms with Crippen molar-refractivity contribution in [2.75, 3.05) is 0 Å². The largest absolute Gasteiger partial charge is 0.376 e. The van der Waals surface area contributed by atoms with Gasteiger partial charge in [-0.1, -0.05) is 40.9 Å². The van der Waals surface area contributed by atoms with Crippen LogP contribution in [0.1, 0.15) is 0 Å². The molecule has 0 bridgehead atoms. The van der Waals surface area contributed by atoms with Crippen LogP contribution in [0.4, 0.5) is 0 Å². The zero-order valence-corrected chi connectivity index (χ0v) is 14.9. The van der Waals surface area contributed by atoms with Gasteiger partial charge in [-0.2, -0.15) is 8.42 Å². The molecule has 2 aromatic rings. The van der Waals surface area contributed by atoms with Crippen LogP contribution in [0.2, 0.25) is 15.1 Å². The van der Waals surface area contributed by atoms with E-state index in [2.05, 4.69) is 0 Å². The number of halogens is 3. The number of nitrogens with two attached hydrogens (primary N) is 1. The summed E-state index contributed by atoms with van der Waals surface area (Å²) >= 11 is 17.4. The Kier molecular flexibility index (Phi) is 5.15. The van der Waals surface area contributed by atoms with E-state index in [4.69, 9.17) is 44.1 Å². The Balaban J connectivity index is 2.49. The van der Waals surface area contributed by atoms with Gasteiger partial charge in [0.2, 0.25) is 10.0 Å². The first kappa shape index (κ1) is 18.3. The van der Waals surface area contributed by atoms with Crippen molar-refractivity contribution in [3.8, 4) is 5.75 Å². The topological polar surface area (TPSA) is 104 Å². The maximum absolute atomic E-state index is 12.3. The highest BCUT2D eigenvalue weighted by molar-refractivity contribution is 7.89. The molecule has 2 rings (SSSR count). The minimum Gasteiger partial charge on any atom is -0.376 e. The van der Waals surface area contributed by atoms with E-state index in [1.165, 1.54) is 18.2 Å². The molecule has 0 aromatic heterocycles. The summed E-state index contributed by atoms with van der Waals surface area (Å²) in [6.45, 7) is 0. The molecular formula is C12H8Cl3NO5S2. The molecule has 124 valence electrons. The number of hydrogen-bond donors (Lipinski definition) is 1. The van der Waals surface area contributed by atoms with E-state index in [0.717, 1.165) is 18.2 Å². The summed E-state index contributed by atoms with van der Waals surface area (Å²) in [6, 6.07) is 6.86. The molecule has 23 heavy (non-hydrogen) atoms. The molecule has 0 saturated carbocycles. The third-order valence-electron chi connectivity index (χ3n) is 2.58. The molecule has 0 aliphatic rings. The number of hydrogen-bond acceptors (Lipinski definition) is 5. The fraction of sp³-hybridized carbons (Fsp3) is 0. The lowest BCUT2D eigenvalue weighted by molar-refractivity contribution is 0.486. The molecule has 0 saturated heterocycles. The Labute approximate surface area is 147 Å². The van der Waals surface area contributed by atoms with Gasteiger partial charge in [-0.25, -0.2) is 13.6 Å². The van der Waals surface area contributed by atoms with Crippen molar-refractivity contribution >= 4 is 54.9 Å². The van der Waals surface area contributed by atoms with Crippen LogP contribution in [-0.4, -0.2) is 16.8 Å². The summed E-state index contributed by atoms with van der Waals surface area (Å²) in [7, 11) is -8.46. The third-order valence-corrected chi connectivity index (χ3v) is 5.49. The SMILES string of the molecule is NS(=O)(=O)c1cccc(S(=O)(=O)Oc2c(Cl)cc(Cl)cc2Cl)c1. The first-order chi connectivity index (χ1) is 10.5. The summed E-state index contributed by atoms with van der Waals surface area (Å²) in [5, 5.41) is 4.93. The van der Waals surface area contributed by atoms with Crippen molar-refractivity contribution in [2.24, 2.45) is 5.14 Å².